The van der Waals surface area contributed by atoms with Gasteiger partial charge in [0.05, 0.1) is 23.9 Å². The maximum atomic E-state index is 10.5. The van der Waals surface area contributed by atoms with Gasteiger partial charge >= 0.3 is 0 Å². The largest absolute Gasteiger partial charge is 0.390 e. The molecule has 188 valence electrons. The number of hydrogen-bond donors (Lipinski definition) is 3. The fourth-order valence-electron chi connectivity index (χ4n) is 6.87. The van der Waals surface area contributed by atoms with Crippen molar-refractivity contribution in [1.82, 2.24) is 0 Å². The summed E-state index contributed by atoms with van der Waals surface area (Å²) in [5.74, 6) is 1.16. The van der Waals surface area contributed by atoms with Crippen LogP contribution in [-0.2, 0) is 4.74 Å². The lowest BCUT2D eigenvalue weighted by Gasteiger charge is -2.44. The molecule has 0 spiro atoms. The van der Waals surface area contributed by atoms with Gasteiger partial charge in [-0.2, -0.15) is 0 Å². The van der Waals surface area contributed by atoms with Crippen molar-refractivity contribution in [3.05, 3.63) is 35.5 Å². The van der Waals surface area contributed by atoms with Crippen LogP contribution in [0.3, 0.4) is 0 Å². The summed E-state index contributed by atoms with van der Waals surface area (Å²) in [6.07, 6.45) is 14.0. The van der Waals surface area contributed by atoms with Crippen LogP contribution >= 0.6 is 0 Å². The van der Waals surface area contributed by atoms with E-state index in [1.807, 2.05) is 0 Å². The second kappa shape index (κ2) is 11.2. The molecule has 3 N–H and O–H groups in total. The topological polar surface area (TPSA) is 69.9 Å². The lowest BCUT2D eigenvalue weighted by atomic mass is 9.62. The molecule has 0 bridgehead atoms. The Morgan fingerprint density at radius 3 is 2.45 bits per heavy atom. The van der Waals surface area contributed by atoms with Gasteiger partial charge < -0.3 is 20.1 Å². The molecule has 0 aliphatic heterocycles. The molecule has 0 amide bonds. The van der Waals surface area contributed by atoms with Crippen LogP contribution in [0.5, 0.6) is 0 Å². The highest BCUT2D eigenvalue weighted by Crippen LogP contribution is 2.58. The maximum absolute atomic E-state index is 10.5. The van der Waals surface area contributed by atoms with Crippen LogP contribution in [0.15, 0.2) is 35.5 Å². The highest BCUT2D eigenvalue weighted by molar-refractivity contribution is 5.29. The molecular weight excluding hydrogens is 412 g/mol. The van der Waals surface area contributed by atoms with Gasteiger partial charge in [0.2, 0.25) is 0 Å². The molecule has 4 heteroatoms. The van der Waals surface area contributed by atoms with Crippen molar-refractivity contribution in [2.45, 2.75) is 122 Å². The van der Waals surface area contributed by atoms with Crippen molar-refractivity contribution in [3.8, 4) is 0 Å². The van der Waals surface area contributed by atoms with E-state index in [0.29, 0.717) is 30.3 Å². The normalized spacial score (nSPS) is 35.1. The smallest absolute Gasteiger partial charge is 0.0809 e. The Balaban J connectivity index is 1.60. The molecule has 0 aromatic carbocycles. The fraction of sp³-hybridized carbons (Fsp3) is 0.793. The second-order valence-electron chi connectivity index (χ2n) is 11.3. The molecule has 33 heavy (non-hydrogen) atoms. The van der Waals surface area contributed by atoms with Crippen LogP contribution < -0.4 is 0 Å². The van der Waals surface area contributed by atoms with Gasteiger partial charge in [0, 0.05) is 6.61 Å². The molecule has 0 aromatic rings. The predicted octanol–water partition coefficient (Wildman–Crippen LogP) is 5.86. The van der Waals surface area contributed by atoms with Crippen LogP contribution in [-0.4, -0.2) is 45.8 Å². The molecule has 0 radical (unpaired) electrons. The quantitative estimate of drug-likeness (QED) is 0.298. The first-order valence-corrected chi connectivity index (χ1v) is 13.4. The van der Waals surface area contributed by atoms with Gasteiger partial charge in [-0.05, 0) is 100 Å². The van der Waals surface area contributed by atoms with Gasteiger partial charge in [0.15, 0.2) is 0 Å². The fourth-order valence-corrected chi connectivity index (χ4v) is 6.87. The van der Waals surface area contributed by atoms with E-state index < -0.39 is 17.8 Å². The number of aliphatic hydroxyl groups is 3. The van der Waals surface area contributed by atoms with Crippen LogP contribution in [0.1, 0.15) is 98.3 Å². The molecule has 3 aliphatic carbocycles. The molecule has 0 saturated heterocycles. The molecule has 3 fully saturated rings. The Kier molecular flexibility index (Phi) is 9.05. The third-order valence-electron chi connectivity index (χ3n) is 9.39. The molecule has 6 atom stereocenters. The lowest BCUT2D eigenvalue weighted by molar-refractivity contribution is -0.0365. The van der Waals surface area contributed by atoms with Crippen LogP contribution in [0.4, 0.5) is 0 Å². The van der Waals surface area contributed by atoms with E-state index in [0.717, 1.165) is 44.3 Å². The minimum Gasteiger partial charge on any atom is -0.390 e. The van der Waals surface area contributed by atoms with E-state index in [1.54, 1.807) is 0 Å². The maximum Gasteiger partial charge on any atom is 0.0809 e. The van der Waals surface area contributed by atoms with E-state index in [1.165, 1.54) is 31.3 Å². The van der Waals surface area contributed by atoms with Crippen molar-refractivity contribution in [2.24, 2.45) is 17.3 Å². The van der Waals surface area contributed by atoms with Gasteiger partial charge in [0.1, 0.15) is 0 Å². The zero-order valence-corrected chi connectivity index (χ0v) is 21.5. The zero-order valence-electron chi connectivity index (χ0n) is 21.5. The van der Waals surface area contributed by atoms with E-state index in [2.05, 4.69) is 46.4 Å². The number of aliphatic hydroxyl groups excluding tert-OH is 2. The molecule has 3 unspecified atom stereocenters. The van der Waals surface area contributed by atoms with Gasteiger partial charge in [0.25, 0.3) is 0 Å². The molecule has 3 rings (SSSR count). The standard InChI is InChI=1S/C29H48O4/c1-6-29(32,7-2)16-9-17-33-21(4)24-13-14-25-23(10-8-15-28(24,25)5)12-11-22-18-26(30)20(3)27(31)19-22/h11-12,21,24-27,30-32H,3,6-10,13-19H2,1-2,4-5H3/b23-12+/t21-,24?,25?,26-,27-,28?/m1/s1. The zero-order chi connectivity index (χ0) is 24.2. The van der Waals surface area contributed by atoms with Crippen LogP contribution in [0.2, 0.25) is 0 Å². The molecular formula is C29H48O4. The first kappa shape index (κ1) is 26.7. The predicted molar refractivity (Wildman–Crippen MR) is 135 cm³/mol. The summed E-state index contributed by atoms with van der Waals surface area (Å²) in [7, 11) is 0. The molecule has 0 aromatic heterocycles. The van der Waals surface area contributed by atoms with E-state index in [9.17, 15) is 15.3 Å². The Bertz CT molecular complexity index is 718. The Labute approximate surface area is 201 Å². The number of allylic oxidation sites excluding steroid dienone is 3. The third-order valence-corrected chi connectivity index (χ3v) is 9.39. The summed E-state index contributed by atoms with van der Waals surface area (Å²) in [6.45, 7) is 13.4. The minimum atomic E-state index is -0.630. The number of fused-ring (bicyclic) bond motifs is 1. The van der Waals surface area contributed by atoms with Crippen LogP contribution in [0, 0.1) is 17.3 Å². The summed E-state index contributed by atoms with van der Waals surface area (Å²) in [6, 6.07) is 0. The first-order chi connectivity index (χ1) is 15.6. The Hall–Kier alpha value is -0.940. The first-order valence-electron chi connectivity index (χ1n) is 13.4. The molecule has 0 heterocycles. The minimum absolute atomic E-state index is 0.240. The van der Waals surface area contributed by atoms with Gasteiger partial charge in [-0.15, -0.1) is 0 Å². The monoisotopic (exact) mass is 460 g/mol. The van der Waals surface area contributed by atoms with E-state index >= 15 is 0 Å². The summed E-state index contributed by atoms with van der Waals surface area (Å²) in [5, 5.41) is 30.8. The highest BCUT2D eigenvalue weighted by atomic mass is 16.5. The van der Waals surface area contributed by atoms with Crippen molar-refractivity contribution in [1.29, 1.82) is 0 Å². The van der Waals surface area contributed by atoms with Gasteiger partial charge in [-0.3, -0.25) is 0 Å². The highest BCUT2D eigenvalue weighted by Gasteiger charge is 2.51. The average Bonchev–Trinajstić information content (AvgIpc) is 3.16. The Morgan fingerprint density at radius 2 is 1.82 bits per heavy atom. The van der Waals surface area contributed by atoms with Gasteiger partial charge in [-0.25, -0.2) is 0 Å². The summed E-state index contributed by atoms with van der Waals surface area (Å²) < 4.78 is 6.34. The van der Waals surface area contributed by atoms with E-state index in [4.69, 9.17) is 4.74 Å². The molecule has 3 aliphatic rings. The average molecular weight is 461 g/mol. The van der Waals surface area contributed by atoms with Crippen molar-refractivity contribution in [3.63, 3.8) is 0 Å². The SMILES string of the molecule is C=C1[C@H](O)CC(=C/C=C2\CCCC3(C)C2CCC3[C@@H](C)OCCCC(O)(CC)CC)C[C@H]1O. The third kappa shape index (κ3) is 6.01. The number of hydrogen-bond acceptors (Lipinski definition) is 4. The second-order valence-corrected chi connectivity index (χ2v) is 11.3. The summed E-state index contributed by atoms with van der Waals surface area (Å²) in [4.78, 5) is 0. The van der Waals surface area contributed by atoms with E-state index in [-0.39, 0.29) is 11.5 Å². The van der Waals surface area contributed by atoms with Crippen molar-refractivity contribution < 1.29 is 20.1 Å². The lowest BCUT2D eigenvalue weighted by Crippen LogP contribution is -2.39. The molecule has 4 nitrogen and oxygen atoms in total. The Morgan fingerprint density at radius 1 is 1.15 bits per heavy atom. The summed E-state index contributed by atoms with van der Waals surface area (Å²) in [5.41, 5.74) is 2.94. The molecule has 3 saturated carbocycles. The van der Waals surface area contributed by atoms with Crippen molar-refractivity contribution >= 4 is 0 Å². The van der Waals surface area contributed by atoms with Crippen molar-refractivity contribution in [2.75, 3.05) is 6.61 Å². The number of rotatable bonds is 9. The number of ether oxygens (including phenoxy) is 1. The summed E-state index contributed by atoms with van der Waals surface area (Å²) >= 11 is 0. The van der Waals surface area contributed by atoms with Gasteiger partial charge in [-0.1, -0.05) is 50.6 Å². The van der Waals surface area contributed by atoms with Crippen LogP contribution in [0.25, 0.3) is 0 Å².